The molecule has 8 heteroatoms. The number of benzene rings is 2. The maximum absolute atomic E-state index is 12.0. The summed E-state index contributed by atoms with van der Waals surface area (Å²) in [4.78, 5) is 22.1. The van der Waals surface area contributed by atoms with Crippen LogP contribution in [0.15, 0.2) is 59.7 Å². The summed E-state index contributed by atoms with van der Waals surface area (Å²) in [5.41, 5.74) is 3.90. The number of carbonyl (C=O) groups excluding carboxylic acids is 1. The van der Waals surface area contributed by atoms with Crippen LogP contribution < -0.4 is 5.43 Å². The molecule has 2 rings (SSSR count). The average Bonchev–Trinajstić information content (AvgIpc) is 2.62. The zero-order valence-electron chi connectivity index (χ0n) is 12.8. The van der Waals surface area contributed by atoms with Crippen LogP contribution in [0.3, 0.4) is 0 Å². The van der Waals surface area contributed by atoms with Crippen LogP contribution in [0.5, 0.6) is 0 Å². The lowest BCUT2D eigenvalue weighted by molar-refractivity contribution is -0.384. The quantitative estimate of drug-likeness (QED) is 0.378. The Balaban J connectivity index is 1.93. The van der Waals surface area contributed by atoms with E-state index < -0.39 is 10.8 Å². The molecule has 0 spiro atoms. The fourth-order valence-corrected chi connectivity index (χ4v) is 3.13. The van der Waals surface area contributed by atoms with Crippen LogP contribution in [-0.4, -0.2) is 21.5 Å². The van der Waals surface area contributed by atoms with Crippen molar-refractivity contribution < 1.29 is 9.72 Å². The average molecular weight is 361 g/mol. The van der Waals surface area contributed by atoms with Gasteiger partial charge in [-0.05, 0) is 24.0 Å². The van der Waals surface area contributed by atoms with Crippen molar-refractivity contribution in [2.75, 3.05) is 6.26 Å². The number of thioether (sulfide) groups is 2. The first kappa shape index (κ1) is 18.0. The van der Waals surface area contributed by atoms with Gasteiger partial charge in [0.2, 0.25) is 0 Å². The second-order valence-electron chi connectivity index (χ2n) is 4.60. The van der Waals surface area contributed by atoms with E-state index in [4.69, 9.17) is 0 Å². The maximum atomic E-state index is 12.0. The molecule has 0 aliphatic rings. The van der Waals surface area contributed by atoms with E-state index in [1.807, 2.05) is 36.6 Å². The third-order valence-corrected chi connectivity index (χ3v) is 5.08. The molecule has 2 aromatic carbocycles. The van der Waals surface area contributed by atoms with E-state index in [0.29, 0.717) is 5.56 Å². The predicted molar refractivity (Wildman–Crippen MR) is 99.2 cm³/mol. The van der Waals surface area contributed by atoms with Gasteiger partial charge in [-0.1, -0.05) is 42.1 Å². The molecule has 1 amide bonds. The smallest absolute Gasteiger partial charge is 0.267 e. The predicted octanol–water partition coefficient (Wildman–Crippen LogP) is 3.89. The molecule has 0 aliphatic heterocycles. The number of nitro groups is 1. The summed E-state index contributed by atoms with van der Waals surface area (Å²) >= 11 is 2.97. The van der Waals surface area contributed by atoms with Crippen molar-refractivity contribution in [2.45, 2.75) is 5.75 Å². The van der Waals surface area contributed by atoms with Crippen molar-refractivity contribution in [2.24, 2.45) is 5.10 Å². The van der Waals surface area contributed by atoms with Crippen molar-refractivity contribution in [3.63, 3.8) is 0 Å². The van der Waals surface area contributed by atoms with Crippen molar-refractivity contribution in [1.29, 1.82) is 0 Å². The van der Waals surface area contributed by atoms with Crippen LogP contribution in [0.2, 0.25) is 0 Å². The van der Waals surface area contributed by atoms with E-state index in [1.165, 1.54) is 53.4 Å². The van der Waals surface area contributed by atoms with E-state index in [-0.39, 0.29) is 5.69 Å². The zero-order valence-corrected chi connectivity index (χ0v) is 14.5. The minimum absolute atomic E-state index is 0.0572. The normalized spacial score (nSPS) is 11.1. The lowest BCUT2D eigenvalue weighted by Gasteiger charge is -2.04. The Labute approximate surface area is 147 Å². The number of non-ortho nitro benzene ring substituents is 1. The Hall–Kier alpha value is -2.32. The van der Waals surface area contributed by atoms with Crippen molar-refractivity contribution >= 4 is 39.5 Å². The van der Waals surface area contributed by atoms with Gasteiger partial charge in [0.25, 0.3) is 11.6 Å². The molecule has 124 valence electrons. The minimum atomic E-state index is -0.508. The summed E-state index contributed by atoms with van der Waals surface area (Å²) in [6.45, 7) is 0. The van der Waals surface area contributed by atoms with Gasteiger partial charge in [-0.15, -0.1) is 11.8 Å². The Morgan fingerprint density at radius 3 is 2.42 bits per heavy atom. The highest BCUT2D eigenvalue weighted by Crippen LogP contribution is 2.19. The van der Waals surface area contributed by atoms with Gasteiger partial charge in [-0.25, -0.2) is 5.43 Å². The Kier molecular flexibility index (Phi) is 6.83. The molecule has 0 aromatic heterocycles. The Bertz CT molecular complexity index is 734. The van der Waals surface area contributed by atoms with Crippen LogP contribution >= 0.6 is 23.5 Å². The van der Waals surface area contributed by atoms with Crippen molar-refractivity contribution in [3.05, 3.63) is 75.8 Å². The molecule has 0 radical (unpaired) electrons. The molecule has 0 saturated carbocycles. The molecule has 0 atom stereocenters. The molecule has 0 heterocycles. The molecule has 24 heavy (non-hydrogen) atoms. The number of rotatable bonds is 5. The largest absolute Gasteiger partial charge is 0.271 e. The van der Waals surface area contributed by atoms with Crippen LogP contribution in [0.1, 0.15) is 15.9 Å². The van der Waals surface area contributed by atoms with E-state index in [1.54, 1.807) is 0 Å². The van der Waals surface area contributed by atoms with E-state index in [2.05, 4.69) is 10.5 Å². The first-order chi connectivity index (χ1) is 11.6. The summed E-state index contributed by atoms with van der Waals surface area (Å²) in [7, 11) is 0. The summed E-state index contributed by atoms with van der Waals surface area (Å²) in [6.07, 6.45) is 1.88. The third-order valence-electron chi connectivity index (χ3n) is 2.97. The first-order valence-electron chi connectivity index (χ1n) is 6.93. The van der Waals surface area contributed by atoms with Gasteiger partial charge in [0, 0.05) is 23.4 Å². The van der Waals surface area contributed by atoms with Gasteiger partial charge in [0.05, 0.1) is 4.92 Å². The number of hydrogen-bond donors (Lipinski definition) is 1. The SMILES string of the molecule is CS/C(=N/NC(=O)c1ccc([N+](=O)[O-])cc1)SCc1ccccc1. The van der Waals surface area contributed by atoms with Gasteiger partial charge < -0.3 is 0 Å². The standard InChI is InChI=1S/C16H15N3O3S2/c1-23-16(24-11-12-5-3-2-4-6-12)18-17-15(20)13-7-9-14(10-8-13)19(21)22/h2-10H,11H2,1H3,(H,17,20)/b18-16-. The molecular formula is C16H15N3O3S2. The molecule has 0 saturated heterocycles. The molecule has 1 N–H and O–H groups in total. The summed E-state index contributed by atoms with van der Waals surface area (Å²) in [5.74, 6) is 0.352. The lowest BCUT2D eigenvalue weighted by atomic mass is 10.2. The second-order valence-corrected chi connectivity index (χ2v) is 6.62. The van der Waals surface area contributed by atoms with Crippen LogP contribution in [-0.2, 0) is 5.75 Å². The number of nitrogens with zero attached hydrogens (tertiary/aromatic N) is 2. The Morgan fingerprint density at radius 1 is 1.17 bits per heavy atom. The fraction of sp³-hybridized carbons (Fsp3) is 0.125. The number of nitrogens with one attached hydrogen (secondary N) is 1. The monoisotopic (exact) mass is 361 g/mol. The minimum Gasteiger partial charge on any atom is -0.267 e. The Morgan fingerprint density at radius 2 is 1.83 bits per heavy atom. The van der Waals surface area contributed by atoms with Crippen LogP contribution in [0.4, 0.5) is 5.69 Å². The maximum Gasteiger partial charge on any atom is 0.271 e. The van der Waals surface area contributed by atoms with E-state index in [0.717, 1.165) is 10.1 Å². The summed E-state index contributed by atoms with van der Waals surface area (Å²) in [5, 5.41) is 14.7. The topological polar surface area (TPSA) is 84.6 Å². The molecule has 0 fully saturated rings. The van der Waals surface area contributed by atoms with Crippen molar-refractivity contribution in [1.82, 2.24) is 5.43 Å². The number of amides is 1. The van der Waals surface area contributed by atoms with E-state index in [9.17, 15) is 14.9 Å². The number of hydrogen-bond acceptors (Lipinski definition) is 6. The van der Waals surface area contributed by atoms with Gasteiger partial charge >= 0.3 is 0 Å². The van der Waals surface area contributed by atoms with Gasteiger partial charge in [0.1, 0.15) is 4.38 Å². The molecule has 0 unspecified atom stereocenters. The van der Waals surface area contributed by atoms with Gasteiger partial charge in [0.15, 0.2) is 0 Å². The fourth-order valence-electron chi connectivity index (χ4n) is 1.75. The highest BCUT2D eigenvalue weighted by Gasteiger charge is 2.09. The lowest BCUT2D eigenvalue weighted by Crippen LogP contribution is -2.18. The third kappa shape index (κ3) is 5.39. The number of carbonyl (C=O) groups is 1. The van der Waals surface area contributed by atoms with E-state index >= 15 is 0 Å². The molecule has 0 bridgehead atoms. The van der Waals surface area contributed by atoms with Crippen LogP contribution in [0, 0.1) is 10.1 Å². The summed E-state index contributed by atoms with van der Waals surface area (Å²) in [6, 6.07) is 15.3. The molecular weight excluding hydrogens is 346 g/mol. The number of nitro benzene ring substituents is 1. The number of hydrazone groups is 1. The van der Waals surface area contributed by atoms with Crippen molar-refractivity contribution in [3.8, 4) is 0 Å². The first-order valence-corrected chi connectivity index (χ1v) is 9.14. The van der Waals surface area contributed by atoms with Gasteiger partial charge in [-0.2, -0.15) is 5.10 Å². The molecule has 6 nitrogen and oxygen atoms in total. The molecule has 0 aliphatic carbocycles. The highest BCUT2D eigenvalue weighted by atomic mass is 32.2. The van der Waals surface area contributed by atoms with Crippen LogP contribution in [0.25, 0.3) is 0 Å². The van der Waals surface area contributed by atoms with Gasteiger partial charge in [-0.3, -0.25) is 14.9 Å². The zero-order chi connectivity index (χ0) is 17.4. The highest BCUT2D eigenvalue weighted by molar-refractivity contribution is 8.38. The molecule has 2 aromatic rings. The second kappa shape index (κ2) is 9.09. The summed E-state index contributed by atoms with van der Waals surface area (Å²) < 4.78 is 0.731.